The van der Waals surface area contributed by atoms with E-state index in [9.17, 15) is 43.5 Å². The Hall–Kier alpha value is -4.57. The minimum absolute atomic E-state index is 0.0907. The van der Waals surface area contributed by atoms with Gasteiger partial charge in [-0.2, -0.15) is 0 Å². The molecule has 0 fully saturated rings. The summed E-state index contributed by atoms with van der Waals surface area (Å²) in [7, 11) is -9.80. The number of aliphatic hydroxyl groups excluding tert-OH is 2. The molecule has 0 aliphatic carbocycles. The quantitative estimate of drug-likeness (QED) is 0.0146. The SMILES string of the molecule is CC/C=C\C/C=C\C/C=C\C/C=C\C/C=C\C/C=C\CCCCCCCCCCC(=O)OCC(O)COP(=O)(O)OCC(O)COP(=O)(O)OCC(COC(=O)CCCCCCCCCCC/C=C\C/C=C\C/C=C\C/C=C\C/C=C\CC)OC(=O)CCCCCCC/C=C\CCCCCCCC. The van der Waals surface area contributed by atoms with Crippen LogP contribution in [0.3, 0.4) is 0 Å². The van der Waals surface area contributed by atoms with Crippen molar-refractivity contribution in [3.63, 3.8) is 0 Å². The zero-order valence-corrected chi connectivity index (χ0v) is 66.2. The zero-order valence-electron chi connectivity index (χ0n) is 64.4. The Balaban J connectivity index is 4.60. The molecule has 4 N–H and O–H groups in total. The number of unbranched alkanes of at least 4 members (excludes halogenated alkanes) is 28. The Labute approximate surface area is 626 Å². The van der Waals surface area contributed by atoms with E-state index in [4.69, 9.17) is 32.3 Å². The number of phosphoric ester groups is 2. The maximum Gasteiger partial charge on any atom is 0.472 e. The molecule has 590 valence electrons. The van der Waals surface area contributed by atoms with E-state index in [1.807, 2.05) is 0 Å². The molecule has 0 saturated carbocycles. The summed E-state index contributed by atoms with van der Waals surface area (Å²) in [6.07, 6.45) is 94.6. The van der Waals surface area contributed by atoms with E-state index in [-0.39, 0.29) is 19.3 Å². The highest BCUT2D eigenvalue weighted by molar-refractivity contribution is 7.47. The summed E-state index contributed by atoms with van der Waals surface area (Å²) in [6.45, 7) is 2.43. The summed E-state index contributed by atoms with van der Waals surface area (Å²) in [5, 5.41) is 20.6. The predicted octanol–water partition coefficient (Wildman–Crippen LogP) is 23.7. The molecule has 103 heavy (non-hydrogen) atoms. The van der Waals surface area contributed by atoms with Gasteiger partial charge in [0.25, 0.3) is 0 Å². The van der Waals surface area contributed by atoms with Crippen molar-refractivity contribution in [1.82, 2.24) is 0 Å². The first-order valence-corrected chi connectivity index (χ1v) is 43.1. The van der Waals surface area contributed by atoms with Gasteiger partial charge in [-0.25, -0.2) is 9.13 Å². The van der Waals surface area contributed by atoms with E-state index < -0.39 is 91.5 Å². The molecule has 0 aliphatic rings. The van der Waals surface area contributed by atoms with Gasteiger partial charge in [-0.05, 0) is 141 Å². The van der Waals surface area contributed by atoms with Crippen LogP contribution in [0.25, 0.3) is 0 Å². The molecule has 5 atom stereocenters. The van der Waals surface area contributed by atoms with Crippen LogP contribution in [0.2, 0.25) is 0 Å². The van der Waals surface area contributed by atoms with Crippen LogP contribution in [0.15, 0.2) is 146 Å². The number of hydrogen-bond acceptors (Lipinski definition) is 14. The summed E-state index contributed by atoms with van der Waals surface area (Å²) in [5.41, 5.74) is 0. The molecule has 0 spiro atoms. The number of rotatable bonds is 75. The molecule has 0 aromatic rings. The number of aliphatic hydroxyl groups is 2. The van der Waals surface area contributed by atoms with E-state index >= 15 is 0 Å². The smallest absolute Gasteiger partial charge is 0.463 e. The van der Waals surface area contributed by atoms with Crippen LogP contribution < -0.4 is 0 Å². The van der Waals surface area contributed by atoms with Gasteiger partial charge in [0.15, 0.2) is 6.10 Å². The van der Waals surface area contributed by atoms with Gasteiger partial charge in [0.2, 0.25) is 0 Å². The third-order valence-electron chi connectivity index (χ3n) is 16.5. The molecule has 0 heterocycles. The van der Waals surface area contributed by atoms with Gasteiger partial charge in [0, 0.05) is 19.3 Å². The minimum atomic E-state index is -4.94. The van der Waals surface area contributed by atoms with E-state index in [2.05, 4.69) is 167 Å². The Kier molecular flexibility index (Phi) is 73.6. The van der Waals surface area contributed by atoms with Crippen molar-refractivity contribution in [3.05, 3.63) is 146 Å². The van der Waals surface area contributed by atoms with Gasteiger partial charge < -0.3 is 34.2 Å². The number of esters is 3. The number of carbonyl (C=O) groups excluding carboxylic acids is 3. The fourth-order valence-corrected chi connectivity index (χ4v) is 12.1. The molecule has 5 unspecified atom stereocenters. The molecule has 0 bridgehead atoms. The minimum Gasteiger partial charge on any atom is -0.463 e. The second-order valence-corrected chi connectivity index (χ2v) is 29.4. The number of phosphoric acid groups is 2. The Morgan fingerprint density at radius 1 is 0.282 bits per heavy atom. The predicted molar refractivity (Wildman–Crippen MR) is 426 cm³/mol. The van der Waals surface area contributed by atoms with Crippen LogP contribution in [-0.4, -0.2) is 95.9 Å². The first kappa shape index (κ1) is 98.4. The van der Waals surface area contributed by atoms with Crippen molar-refractivity contribution in [2.45, 2.75) is 334 Å². The molecule has 0 radical (unpaired) electrons. The van der Waals surface area contributed by atoms with Gasteiger partial charge in [-0.3, -0.25) is 32.5 Å². The highest BCUT2D eigenvalue weighted by Gasteiger charge is 2.29. The normalized spacial score (nSPS) is 14.7. The first-order valence-electron chi connectivity index (χ1n) is 40.1. The lowest BCUT2D eigenvalue weighted by atomic mass is 10.1. The fourth-order valence-electron chi connectivity index (χ4n) is 10.5. The number of allylic oxidation sites excluding steroid dienone is 24. The van der Waals surface area contributed by atoms with Gasteiger partial charge in [-0.15, -0.1) is 0 Å². The third kappa shape index (κ3) is 78.3. The van der Waals surface area contributed by atoms with Crippen molar-refractivity contribution >= 4 is 33.6 Å². The largest absolute Gasteiger partial charge is 0.472 e. The maximum atomic E-state index is 13.0. The summed E-state index contributed by atoms with van der Waals surface area (Å²) in [5.74, 6) is -1.60. The van der Waals surface area contributed by atoms with Gasteiger partial charge in [-0.1, -0.05) is 301 Å². The van der Waals surface area contributed by atoms with E-state index in [0.717, 1.165) is 173 Å². The lowest BCUT2D eigenvalue weighted by molar-refractivity contribution is -0.161. The second kappa shape index (κ2) is 77.1. The molecule has 0 saturated heterocycles. The highest BCUT2D eigenvalue weighted by Crippen LogP contribution is 2.45. The standard InChI is InChI=1S/C85H144O16P2/c1-4-7-10-13-16-19-22-25-28-30-32-34-36-38-39-41-43-44-46-48-51-53-56-59-62-65-68-71-83(88)95-74-80(86)75-97-102(91,92)98-76-81(87)77-99-103(93,94)100-79-82(101-85(90)73-70-67-64-61-58-55-50-27-24-21-18-15-12-9-6-3)78-96-84(89)72-69-66-63-60-57-54-52-49-47-45-42-40-37-35-33-31-29-26-23-20-17-14-11-8-5-2/h7-8,10-11,16-17,19-20,25-29,32-35,38-40,42-44,50,80-82,86-87H,4-6,9,12-15,18,21-24,30-31,36-37,41,45-49,51-79H2,1-3H3,(H,91,92)(H,93,94)/b10-7-,11-8-,19-16-,20-17-,28-25-,29-26-,34-32-,35-33-,39-38-,42-40-,44-43-,50-27-. The molecule has 0 rings (SSSR count). The first-order chi connectivity index (χ1) is 50.2. The Bertz CT molecular complexity index is 2450. The summed E-state index contributed by atoms with van der Waals surface area (Å²) in [6, 6.07) is 0. The third-order valence-corrected chi connectivity index (χ3v) is 18.4. The summed E-state index contributed by atoms with van der Waals surface area (Å²) < 4.78 is 61.2. The van der Waals surface area contributed by atoms with Crippen LogP contribution in [0, 0.1) is 0 Å². The second-order valence-electron chi connectivity index (χ2n) is 26.5. The lowest BCUT2D eigenvalue weighted by Crippen LogP contribution is -2.30. The average Bonchev–Trinajstić information content (AvgIpc) is 0.922. The van der Waals surface area contributed by atoms with Gasteiger partial charge in [0.1, 0.15) is 25.4 Å². The summed E-state index contributed by atoms with van der Waals surface area (Å²) in [4.78, 5) is 58.7. The van der Waals surface area contributed by atoms with E-state index in [1.165, 1.54) is 83.5 Å². The van der Waals surface area contributed by atoms with Gasteiger partial charge in [0.05, 0.1) is 26.4 Å². The van der Waals surface area contributed by atoms with Crippen molar-refractivity contribution < 1.29 is 75.8 Å². The molecular weight excluding hydrogens is 1340 g/mol. The van der Waals surface area contributed by atoms with Crippen LogP contribution in [0.4, 0.5) is 0 Å². The monoisotopic (exact) mass is 1480 g/mol. The van der Waals surface area contributed by atoms with Crippen molar-refractivity contribution in [2.24, 2.45) is 0 Å². The highest BCUT2D eigenvalue weighted by atomic mass is 31.2. The molecule has 0 aromatic carbocycles. The molecule has 0 amide bonds. The van der Waals surface area contributed by atoms with Crippen molar-refractivity contribution in [1.29, 1.82) is 0 Å². The molecule has 16 nitrogen and oxygen atoms in total. The molecule has 18 heteroatoms. The number of carbonyl (C=O) groups is 3. The molecule has 0 aromatic heterocycles. The van der Waals surface area contributed by atoms with Crippen LogP contribution in [0.1, 0.15) is 316 Å². The number of hydrogen-bond donors (Lipinski definition) is 4. The Morgan fingerprint density at radius 2 is 0.515 bits per heavy atom. The van der Waals surface area contributed by atoms with Gasteiger partial charge >= 0.3 is 33.6 Å². The van der Waals surface area contributed by atoms with Crippen LogP contribution in [-0.2, 0) is 55.8 Å². The van der Waals surface area contributed by atoms with Crippen molar-refractivity contribution in [3.8, 4) is 0 Å². The molecule has 0 aliphatic heterocycles. The maximum absolute atomic E-state index is 13.0. The Morgan fingerprint density at radius 3 is 0.825 bits per heavy atom. The zero-order chi connectivity index (χ0) is 75.2. The van der Waals surface area contributed by atoms with E-state index in [1.54, 1.807) is 0 Å². The number of ether oxygens (including phenoxy) is 3. The van der Waals surface area contributed by atoms with Crippen LogP contribution in [0.5, 0.6) is 0 Å². The topological polar surface area (TPSA) is 231 Å². The summed E-state index contributed by atoms with van der Waals surface area (Å²) >= 11 is 0. The van der Waals surface area contributed by atoms with E-state index in [0.29, 0.717) is 19.3 Å². The lowest BCUT2D eigenvalue weighted by Gasteiger charge is -2.21. The van der Waals surface area contributed by atoms with Crippen LogP contribution >= 0.6 is 15.6 Å². The average molecular weight is 1480 g/mol. The molecular formula is C85H144O16P2. The fraction of sp³-hybridized carbons (Fsp3) is 0.682. The van der Waals surface area contributed by atoms with Crippen molar-refractivity contribution in [2.75, 3.05) is 39.6 Å².